The third-order valence-corrected chi connectivity index (χ3v) is 9.64. The largest absolute Gasteiger partial charge is 0.373 e. The van der Waals surface area contributed by atoms with E-state index in [-0.39, 0.29) is 12.2 Å². The van der Waals surface area contributed by atoms with E-state index in [0.717, 1.165) is 29.3 Å². The molecule has 2 atom stereocenters. The Balaban J connectivity index is 1.37. The number of rotatable bonds is 3. The minimum atomic E-state index is -3.48. The van der Waals surface area contributed by atoms with Crippen LogP contribution in [0.1, 0.15) is 43.0 Å². The van der Waals surface area contributed by atoms with Crippen LogP contribution in [0.15, 0.2) is 0 Å². The summed E-state index contributed by atoms with van der Waals surface area (Å²) in [4.78, 5) is 14.4. The molecule has 2 unspecified atom stereocenters. The van der Waals surface area contributed by atoms with Gasteiger partial charge in [0.05, 0.1) is 17.6 Å². The smallest absolute Gasteiger partial charge is 0.282 e. The number of aromatic nitrogens is 2. The highest BCUT2D eigenvalue weighted by atomic mass is 32.2. The number of thiophene rings is 1. The van der Waals surface area contributed by atoms with E-state index in [4.69, 9.17) is 14.7 Å². The monoisotopic (exact) mass is 465 g/mol. The minimum absolute atomic E-state index is 0.0816. The highest BCUT2D eigenvalue weighted by Crippen LogP contribution is 2.40. The lowest BCUT2D eigenvalue weighted by molar-refractivity contribution is -0.0455. The molecule has 0 aromatic carbocycles. The summed E-state index contributed by atoms with van der Waals surface area (Å²) in [5.74, 6) is 1.78. The van der Waals surface area contributed by atoms with Crippen molar-refractivity contribution in [2.45, 2.75) is 58.7 Å². The maximum Gasteiger partial charge on any atom is 0.282 e. The zero-order valence-electron chi connectivity index (χ0n) is 18.5. The third kappa shape index (κ3) is 3.97. The Morgan fingerprint density at radius 3 is 2.35 bits per heavy atom. The van der Waals surface area contributed by atoms with Crippen molar-refractivity contribution in [2.75, 3.05) is 44.2 Å². The number of morpholine rings is 1. The predicted molar refractivity (Wildman–Crippen MR) is 123 cm³/mol. The molecule has 31 heavy (non-hydrogen) atoms. The van der Waals surface area contributed by atoms with Gasteiger partial charge in [0, 0.05) is 44.1 Å². The van der Waals surface area contributed by atoms with Gasteiger partial charge in [0.2, 0.25) is 0 Å². The SMILES string of the molecule is Cc1nc(N2CCN(S(=O)(=O)N3CC(C)OC(C)C3)CC2)c2c3c(sc2n1)CCCC3. The van der Waals surface area contributed by atoms with Crippen LogP contribution >= 0.6 is 11.3 Å². The topological polar surface area (TPSA) is 78.9 Å². The highest BCUT2D eigenvalue weighted by molar-refractivity contribution is 7.86. The molecular formula is C21H31N5O3S2. The summed E-state index contributed by atoms with van der Waals surface area (Å²) in [7, 11) is -3.48. The first-order valence-electron chi connectivity index (χ1n) is 11.3. The number of fused-ring (bicyclic) bond motifs is 3. The summed E-state index contributed by atoms with van der Waals surface area (Å²) in [6.07, 6.45) is 4.53. The van der Waals surface area contributed by atoms with E-state index < -0.39 is 10.2 Å². The normalized spacial score (nSPS) is 26.4. The average Bonchev–Trinajstić information content (AvgIpc) is 3.10. The molecule has 2 aliphatic heterocycles. The number of aryl methyl sites for hydroxylation is 3. The molecular weight excluding hydrogens is 434 g/mol. The second kappa shape index (κ2) is 8.22. The first-order valence-corrected chi connectivity index (χ1v) is 13.5. The Bertz CT molecular complexity index is 1070. The van der Waals surface area contributed by atoms with Gasteiger partial charge in [0.25, 0.3) is 10.2 Å². The van der Waals surface area contributed by atoms with Crippen LogP contribution in [0.5, 0.6) is 0 Å². The molecule has 0 radical (unpaired) electrons. The summed E-state index contributed by atoms with van der Waals surface area (Å²) < 4.78 is 35.4. The van der Waals surface area contributed by atoms with Crippen LogP contribution in [-0.4, -0.2) is 78.5 Å². The van der Waals surface area contributed by atoms with Crippen LogP contribution in [0, 0.1) is 6.92 Å². The van der Waals surface area contributed by atoms with Crippen LogP contribution < -0.4 is 4.90 Å². The molecule has 5 rings (SSSR count). The first kappa shape index (κ1) is 21.5. The van der Waals surface area contributed by atoms with Gasteiger partial charge < -0.3 is 9.64 Å². The van der Waals surface area contributed by atoms with Gasteiger partial charge in [-0.15, -0.1) is 11.3 Å². The molecule has 0 N–H and O–H groups in total. The number of hydrogen-bond acceptors (Lipinski definition) is 7. The van der Waals surface area contributed by atoms with Gasteiger partial charge in [-0.05, 0) is 52.0 Å². The molecule has 0 saturated carbocycles. The zero-order valence-corrected chi connectivity index (χ0v) is 20.1. The van der Waals surface area contributed by atoms with E-state index >= 15 is 0 Å². The molecule has 2 aromatic heterocycles. The van der Waals surface area contributed by atoms with Gasteiger partial charge in [-0.25, -0.2) is 9.97 Å². The molecule has 2 fully saturated rings. The molecule has 2 aromatic rings. The standard InChI is InChI=1S/C21H31N5O3S2/c1-14-12-26(13-15(2)29-14)31(27,28)25-10-8-24(9-11-25)20-19-17-6-4-5-7-18(17)30-21(19)23-16(3)22-20/h14-15H,4-13H2,1-3H3. The summed E-state index contributed by atoms with van der Waals surface area (Å²) >= 11 is 1.81. The third-order valence-electron chi connectivity index (χ3n) is 6.48. The van der Waals surface area contributed by atoms with Gasteiger partial charge in [-0.2, -0.15) is 17.0 Å². The Hall–Kier alpha value is -1.33. The number of anilines is 1. The Kier molecular flexibility index (Phi) is 5.71. The van der Waals surface area contributed by atoms with Crippen molar-refractivity contribution in [3.63, 3.8) is 0 Å². The fraction of sp³-hybridized carbons (Fsp3) is 0.714. The maximum absolute atomic E-state index is 13.2. The lowest BCUT2D eigenvalue weighted by Crippen LogP contribution is -2.57. The summed E-state index contributed by atoms with van der Waals surface area (Å²) in [5, 5.41) is 1.21. The second-order valence-electron chi connectivity index (χ2n) is 8.95. The lowest BCUT2D eigenvalue weighted by Gasteiger charge is -2.40. The average molecular weight is 466 g/mol. The Morgan fingerprint density at radius 2 is 1.65 bits per heavy atom. The summed E-state index contributed by atoms with van der Waals surface area (Å²) in [6.45, 7) is 8.87. The second-order valence-corrected chi connectivity index (χ2v) is 12.0. The molecule has 10 heteroatoms. The fourth-order valence-electron chi connectivity index (χ4n) is 5.08. The molecule has 170 valence electrons. The van der Waals surface area contributed by atoms with Crippen molar-refractivity contribution in [3.8, 4) is 0 Å². The lowest BCUT2D eigenvalue weighted by atomic mass is 9.97. The predicted octanol–water partition coefficient (Wildman–Crippen LogP) is 2.35. The van der Waals surface area contributed by atoms with E-state index in [1.807, 2.05) is 32.1 Å². The van der Waals surface area contributed by atoms with Crippen molar-refractivity contribution in [3.05, 3.63) is 16.3 Å². The van der Waals surface area contributed by atoms with Crippen LogP contribution in [-0.2, 0) is 27.8 Å². The molecule has 1 aliphatic carbocycles. The van der Waals surface area contributed by atoms with Gasteiger partial charge in [-0.1, -0.05) is 0 Å². The van der Waals surface area contributed by atoms with Crippen molar-refractivity contribution < 1.29 is 13.2 Å². The minimum Gasteiger partial charge on any atom is -0.373 e. The fourth-order valence-corrected chi connectivity index (χ4v) is 8.13. The van der Waals surface area contributed by atoms with Crippen LogP contribution in [0.4, 0.5) is 5.82 Å². The zero-order chi connectivity index (χ0) is 21.8. The number of hydrogen-bond donors (Lipinski definition) is 0. The number of piperazine rings is 1. The molecule has 4 heterocycles. The van der Waals surface area contributed by atoms with Gasteiger partial charge in [0.1, 0.15) is 16.5 Å². The van der Waals surface area contributed by atoms with Crippen molar-refractivity contribution >= 4 is 37.6 Å². The van der Waals surface area contributed by atoms with Gasteiger partial charge in [-0.3, -0.25) is 0 Å². The van der Waals surface area contributed by atoms with Gasteiger partial charge in [0.15, 0.2) is 0 Å². The molecule has 2 saturated heterocycles. The van der Waals surface area contributed by atoms with E-state index in [1.165, 1.54) is 28.7 Å². The Labute approximate surface area is 188 Å². The molecule has 8 nitrogen and oxygen atoms in total. The maximum atomic E-state index is 13.2. The molecule has 0 bridgehead atoms. The summed E-state index contributed by atoms with van der Waals surface area (Å²) in [6, 6.07) is 0. The van der Waals surface area contributed by atoms with E-state index in [9.17, 15) is 8.42 Å². The van der Waals surface area contributed by atoms with Gasteiger partial charge >= 0.3 is 0 Å². The number of ether oxygens (including phenoxy) is 1. The van der Waals surface area contributed by atoms with E-state index in [0.29, 0.717) is 39.3 Å². The van der Waals surface area contributed by atoms with Crippen molar-refractivity contribution in [2.24, 2.45) is 0 Å². The van der Waals surface area contributed by atoms with Crippen molar-refractivity contribution in [1.29, 1.82) is 0 Å². The summed E-state index contributed by atoms with van der Waals surface area (Å²) in [5.41, 5.74) is 1.42. The Morgan fingerprint density at radius 1 is 0.968 bits per heavy atom. The van der Waals surface area contributed by atoms with Crippen molar-refractivity contribution in [1.82, 2.24) is 18.6 Å². The van der Waals surface area contributed by atoms with Crippen LogP contribution in [0.2, 0.25) is 0 Å². The molecule has 0 amide bonds. The quantitative estimate of drug-likeness (QED) is 0.692. The first-order chi connectivity index (χ1) is 14.8. The van der Waals surface area contributed by atoms with E-state index in [1.54, 1.807) is 8.61 Å². The van der Waals surface area contributed by atoms with Crippen LogP contribution in [0.3, 0.4) is 0 Å². The molecule has 3 aliphatic rings. The van der Waals surface area contributed by atoms with E-state index in [2.05, 4.69) is 4.90 Å². The molecule has 0 spiro atoms. The highest BCUT2D eigenvalue weighted by Gasteiger charge is 2.37. The van der Waals surface area contributed by atoms with Crippen LogP contribution in [0.25, 0.3) is 10.2 Å². The number of nitrogens with zero attached hydrogens (tertiary/aromatic N) is 5.